The molecule has 0 saturated carbocycles. The second kappa shape index (κ2) is 4.74. The molecule has 0 aromatic heterocycles. The fraction of sp³-hybridized carbons (Fsp3) is 0.250. The van der Waals surface area contributed by atoms with Crippen LogP contribution in [0.15, 0.2) is 18.2 Å². The average molecular weight is 241 g/mol. The lowest BCUT2D eigenvalue weighted by Crippen LogP contribution is -1.88. The van der Waals surface area contributed by atoms with E-state index < -0.39 is 10.0 Å². The number of hydrogen-bond donors (Lipinski definition) is 0. The minimum Gasteiger partial charge on any atom is -0.298 e. The van der Waals surface area contributed by atoms with Crippen molar-refractivity contribution >= 4 is 27.9 Å². The molecule has 0 heterocycles. The topological polar surface area (TPSA) is 17.1 Å². The van der Waals surface area contributed by atoms with Crippen LogP contribution in [-0.2, 0) is 0 Å². The number of carbonyl (C=O) groups excluding carboxylic acids is 1. The number of carbonyl (C=O) groups is 1. The van der Waals surface area contributed by atoms with Gasteiger partial charge in [0, 0.05) is 11.1 Å². The maximum Gasteiger partial charge on any atom is 0.151 e. The molecule has 15 heavy (non-hydrogen) atoms. The largest absolute Gasteiger partial charge is 0.298 e. The van der Waals surface area contributed by atoms with Gasteiger partial charge in [0.25, 0.3) is 0 Å². The Bertz CT molecular complexity index is 435. The van der Waals surface area contributed by atoms with Crippen molar-refractivity contribution in [3.63, 3.8) is 0 Å². The van der Waals surface area contributed by atoms with Crippen molar-refractivity contribution in [2.75, 3.05) is 18.8 Å². The Morgan fingerprint density at radius 1 is 1.33 bits per heavy atom. The van der Waals surface area contributed by atoms with Gasteiger partial charge >= 0.3 is 0 Å². The molecule has 0 spiro atoms. The lowest BCUT2D eigenvalue weighted by molar-refractivity contribution is 0.112. The number of aldehydes is 1. The van der Waals surface area contributed by atoms with Gasteiger partial charge in [0.1, 0.15) is 0 Å². The molecule has 0 atom stereocenters. The lowest BCUT2D eigenvalue weighted by Gasteiger charge is -2.14. The van der Waals surface area contributed by atoms with Gasteiger partial charge in [0.15, 0.2) is 6.29 Å². The number of hydrogen-bond acceptors (Lipinski definition) is 1. The highest BCUT2D eigenvalue weighted by atomic mass is 35.5. The summed E-state index contributed by atoms with van der Waals surface area (Å²) < 4.78 is 0. The Morgan fingerprint density at radius 3 is 2.53 bits per heavy atom. The summed E-state index contributed by atoms with van der Waals surface area (Å²) in [6.45, 7) is 0. The monoisotopic (exact) mass is 240 g/mol. The van der Waals surface area contributed by atoms with Gasteiger partial charge in [0.05, 0.1) is 5.02 Å². The first-order valence-corrected chi connectivity index (χ1v) is 7.62. The molecule has 1 nitrogen and oxygen atoms in total. The van der Waals surface area contributed by atoms with Gasteiger partial charge in [-0.05, 0) is 30.1 Å². The van der Waals surface area contributed by atoms with Crippen molar-refractivity contribution in [3.8, 4) is 11.2 Å². The van der Waals surface area contributed by atoms with Gasteiger partial charge in [-0.15, -0.1) is 0 Å². The minimum absolute atomic E-state index is 0.448. The quantitative estimate of drug-likeness (QED) is 0.545. The SMILES string of the molecule is CS(C)(C)C#Cc1cccc(C=O)c1Cl. The first-order chi connectivity index (χ1) is 6.94. The fourth-order valence-electron chi connectivity index (χ4n) is 0.945. The van der Waals surface area contributed by atoms with Crippen LogP contribution in [0.1, 0.15) is 15.9 Å². The van der Waals surface area contributed by atoms with Crippen LogP contribution in [0.5, 0.6) is 0 Å². The summed E-state index contributed by atoms with van der Waals surface area (Å²) in [4.78, 5) is 10.7. The summed E-state index contributed by atoms with van der Waals surface area (Å²) >= 11 is 6.01. The van der Waals surface area contributed by atoms with Gasteiger partial charge in [-0.1, -0.05) is 29.7 Å². The molecule has 0 radical (unpaired) electrons. The predicted octanol–water partition coefficient (Wildman–Crippen LogP) is 3.16. The van der Waals surface area contributed by atoms with Gasteiger partial charge in [-0.2, -0.15) is 10.0 Å². The third kappa shape index (κ3) is 3.62. The molecule has 0 aliphatic rings. The summed E-state index contributed by atoms with van der Waals surface area (Å²) in [5.74, 6) is 3.02. The van der Waals surface area contributed by atoms with Crippen LogP contribution in [0.4, 0.5) is 0 Å². The molecule has 80 valence electrons. The van der Waals surface area contributed by atoms with Crippen LogP contribution in [0.25, 0.3) is 0 Å². The molecule has 0 saturated heterocycles. The number of halogens is 1. The highest BCUT2D eigenvalue weighted by Crippen LogP contribution is 2.32. The van der Waals surface area contributed by atoms with Gasteiger partial charge in [-0.25, -0.2) is 0 Å². The second-order valence-corrected chi connectivity index (χ2v) is 8.15. The predicted molar refractivity (Wildman–Crippen MR) is 69.1 cm³/mol. The van der Waals surface area contributed by atoms with E-state index in [0.717, 1.165) is 11.8 Å². The van der Waals surface area contributed by atoms with Crippen molar-refractivity contribution in [2.45, 2.75) is 0 Å². The highest BCUT2D eigenvalue weighted by Gasteiger charge is 2.03. The summed E-state index contributed by atoms with van der Waals surface area (Å²) in [6, 6.07) is 5.30. The van der Waals surface area contributed by atoms with Crippen molar-refractivity contribution < 1.29 is 4.79 Å². The maximum atomic E-state index is 10.7. The van der Waals surface area contributed by atoms with Crippen LogP contribution >= 0.6 is 21.6 Å². The van der Waals surface area contributed by atoms with E-state index in [2.05, 4.69) is 29.9 Å². The first-order valence-electron chi connectivity index (χ1n) is 4.39. The van der Waals surface area contributed by atoms with Crippen LogP contribution in [0.3, 0.4) is 0 Å². The third-order valence-electron chi connectivity index (χ3n) is 1.65. The van der Waals surface area contributed by atoms with E-state index in [1.807, 2.05) is 6.07 Å². The normalized spacial score (nSPS) is 11.5. The summed E-state index contributed by atoms with van der Waals surface area (Å²) in [6.07, 6.45) is 7.07. The van der Waals surface area contributed by atoms with Crippen molar-refractivity contribution in [2.24, 2.45) is 0 Å². The Morgan fingerprint density at radius 2 is 2.00 bits per heavy atom. The molecule has 0 fully saturated rings. The van der Waals surface area contributed by atoms with Gasteiger partial charge in [-0.3, -0.25) is 4.79 Å². The van der Waals surface area contributed by atoms with Crippen molar-refractivity contribution in [3.05, 3.63) is 34.3 Å². The maximum absolute atomic E-state index is 10.7. The smallest absolute Gasteiger partial charge is 0.151 e. The van der Waals surface area contributed by atoms with Crippen LogP contribution in [-0.4, -0.2) is 25.1 Å². The minimum atomic E-state index is -0.867. The highest BCUT2D eigenvalue weighted by molar-refractivity contribution is 8.35. The molecule has 0 bridgehead atoms. The Labute approximate surface area is 97.1 Å². The second-order valence-electron chi connectivity index (χ2n) is 3.89. The Hall–Kier alpha value is -0.910. The summed E-state index contributed by atoms with van der Waals surface area (Å²) in [7, 11) is -0.867. The van der Waals surface area contributed by atoms with E-state index in [-0.39, 0.29) is 0 Å². The number of benzene rings is 1. The van der Waals surface area contributed by atoms with Gasteiger partial charge < -0.3 is 0 Å². The zero-order valence-electron chi connectivity index (χ0n) is 9.00. The molecule has 1 aromatic rings. The first kappa shape index (κ1) is 12.2. The van der Waals surface area contributed by atoms with Crippen LogP contribution in [0, 0.1) is 11.2 Å². The van der Waals surface area contributed by atoms with Crippen molar-refractivity contribution in [1.82, 2.24) is 0 Å². The molecule has 0 aliphatic heterocycles. The average Bonchev–Trinajstić information content (AvgIpc) is 2.15. The molecule has 0 amide bonds. The van der Waals surface area contributed by atoms with Crippen LogP contribution in [0.2, 0.25) is 5.02 Å². The molecule has 1 rings (SSSR count). The zero-order valence-corrected chi connectivity index (χ0v) is 10.6. The van der Waals surface area contributed by atoms with E-state index in [1.165, 1.54) is 0 Å². The molecule has 3 heteroatoms. The third-order valence-corrected chi connectivity index (χ3v) is 2.78. The Balaban J connectivity index is 3.15. The molecule has 0 unspecified atom stereocenters. The zero-order chi connectivity index (χ0) is 11.5. The number of rotatable bonds is 1. The molecule has 0 N–H and O–H groups in total. The Kier molecular flexibility index (Phi) is 3.84. The van der Waals surface area contributed by atoms with E-state index in [1.54, 1.807) is 12.1 Å². The van der Waals surface area contributed by atoms with Gasteiger partial charge in [0.2, 0.25) is 0 Å². The summed E-state index contributed by atoms with van der Waals surface area (Å²) in [5, 5.41) is 3.61. The molecule has 0 aliphatic carbocycles. The van der Waals surface area contributed by atoms with E-state index >= 15 is 0 Å². The lowest BCUT2D eigenvalue weighted by atomic mass is 10.1. The van der Waals surface area contributed by atoms with E-state index in [4.69, 9.17) is 11.6 Å². The van der Waals surface area contributed by atoms with E-state index in [0.29, 0.717) is 10.6 Å². The van der Waals surface area contributed by atoms with Crippen molar-refractivity contribution in [1.29, 1.82) is 0 Å². The van der Waals surface area contributed by atoms with E-state index in [9.17, 15) is 4.79 Å². The standard InChI is InChI=1S/C12H13ClOS/c1-15(2,3)8-7-10-5-4-6-11(9-14)12(10)13/h4-6,9H,1-3H3. The molecule has 1 aromatic carbocycles. The fourth-order valence-corrected chi connectivity index (χ4v) is 1.58. The molecular formula is C12H13ClOS. The summed E-state index contributed by atoms with van der Waals surface area (Å²) in [5.41, 5.74) is 1.22. The van der Waals surface area contributed by atoms with Crippen LogP contribution < -0.4 is 0 Å². The molecular weight excluding hydrogens is 228 g/mol.